The Labute approximate surface area is 107 Å². The van der Waals surface area contributed by atoms with Crippen LogP contribution < -0.4 is 10.2 Å². The Hall–Kier alpha value is -1.86. The van der Waals surface area contributed by atoms with E-state index in [0.717, 1.165) is 17.7 Å². The van der Waals surface area contributed by atoms with Crippen molar-refractivity contribution in [2.75, 3.05) is 19.0 Å². The molecular formula is C14H17N3O. The lowest BCUT2D eigenvalue weighted by Crippen LogP contribution is -2.31. The van der Waals surface area contributed by atoms with Crippen LogP contribution in [0.5, 0.6) is 0 Å². The van der Waals surface area contributed by atoms with E-state index in [1.807, 2.05) is 26.2 Å². The number of amides is 1. The fourth-order valence-corrected chi connectivity index (χ4v) is 2.37. The van der Waals surface area contributed by atoms with Gasteiger partial charge in [0.25, 0.3) is 0 Å². The molecule has 0 bridgehead atoms. The summed E-state index contributed by atoms with van der Waals surface area (Å²) in [6, 6.07) is 8.32. The number of carbonyl (C=O) groups is 1. The number of nitrogens with zero attached hydrogens (tertiary/aromatic N) is 2. The Balaban J connectivity index is 2.33. The van der Waals surface area contributed by atoms with Crippen molar-refractivity contribution in [2.24, 2.45) is 0 Å². The topological polar surface area (TPSA) is 56.1 Å². The molecule has 1 N–H and O–H groups in total. The number of rotatable bonds is 3. The Bertz CT molecular complexity index is 504. The molecule has 0 saturated carbocycles. The van der Waals surface area contributed by atoms with E-state index in [0.29, 0.717) is 12.8 Å². The van der Waals surface area contributed by atoms with Gasteiger partial charge in [0, 0.05) is 25.2 Å². The van der Waals surface area contributed by atoms with E-state index in [4.69, 9.17) is 5.26 Å². The second-order valence-corrected chi connectivity index (χ2v) is 4.54. The number of benzene rings is 1. The van der Waals surface area contributed by atoms with E-state index in [9.17, 15) is 4.79 Å². The summed E-state index contributed by atoms with van der Waals surface area (Å²) in [6.45, 7) is 0. The van der Waals surface area contributed by atoms with E-state index < -0.39 is 0 Å². The van der Waals surface area contributed by atoms with Gasteiger partial charge in [-0.15, -0.1) is 0 Å². The van der Waals surface area contributed by atoms with E-state index >= 15 is 0 Å². The molecule has 0 aromatic heterocycles. The van der Waals surface area contributed by atoms with Gasteiger partial charge in [-0.05, 0) is 30.7 Å². The Morgan fingerprint density at radius 1 is 1.50 bits per heavy atom. The van der Waals surface area contributed by atoms with Crippen LogP contribution in [-0.4, -0.2) is 20.0 Å². The Morgan fingerprint density at radius 2 is 2.28 bits per heavy atom. The number of carbonyl (C=O) groups excluding carboxylic acids is 1. The van der Waals surface area contributed by atoms with Crippen LogP contribution >= 0.6 is 0 Å². The molecule has 1 amide bonds. The number of fused-ring (bicyclic) bond motifs is 1. The molecule has 1 aromatic carbocycles. The summed E-state index contributed by atoms with van der Waals surface area (Å²) in [7, 11) is 3.67. The summed E-state index contributed by atoms with van der Waals surface area (Å²) in [4.78, 5) is 13.3. The zero-order chi connectivity index (χ0) is 13.1. The fraction of sp³-hybridized carbons (Fsp3) is 0.429. The number of hydrogen-bond acceptors (Lipinski definition) is 3. The molecule has 4 heteroatoms. The number of aryl methyl sites for hydroxylation is 1. The van der Waals surface area contributed by atoms with Crippen molar-refractivity contribution >= 4 is 11.6 Å². The highest BCUT2D eigenvalue weighted by Crippen LogP contribution is 2.29. The molecule has 0 spiro atoms. The predicted octanol–water partition coefficient (Wildman–Crippen LogP) is 1.77. The first-order valence-electron chi connectivity index (χ1n) is 6.11. The Morgan fingerprint density at radius 3 is 2.94 bits per heavy atom. The average molecular weight is 243 g/mol. The van der Waals surface area contributed by atoms with Crippen LogP contribution in [0.4, 0.5) is 5.69 Å². The molecule has 0 fully saturated rings. The minimum absolute atomic E-state index is 0.0586. The van der Waals surface area contributed by atoms with E-state index in [1.165, 1.54) is 5.56 Å². The predicted molar refractivity (Wildman–Crippen MR) is 70.2 cm³/mol. The van der Waals surface area contributed by atoms with Crippen molar-refractivity contribution in [2.45, 2.75) is 25.3 Å². The maximum Gasteiger partial charge on any atom is 0.227 e. The first-order chi connectivity index (χ1) is 8.67. The normalized spacial score (nSPS) is 16.1. The zero-order valence-corrected chi connectivity index (χ0v) is 10.7. The molecule has 0 saturated heterocycles. The first-order valence-corrected chi connectivity index (χ1v) is 6.11. The molecule has 1 unspecified atom stereocenters. The molecule has 4 nitrogen and oxygen atoms in total. The molecule has 1 aliphatic rings. The third-order valence-corrected chi connectivity index (χ3v) is 3.49. The molecule has 1 atom stereocenters. The van der Waals surface area contributed by atoms with Gasteiger partial charge < -0.3 is 10.2 Å². The summed E-state index contributed by atoms with van der Waals surface area (Å²) in [5, 5.41) is 11.9. The van der Waals surface area contributed by atoms with Crippen LogP contribution in [-0.2, 0) is 11.2 Å². The van der Waals surface area contributed by atoms with Gasteiger partial charge >= 0.3 is 0 Å². The van der Waals surface area contributed by atoms with E-state index in [2.05, 4.69) is 17.5 Å². The summed E-state index contributed by atoms with van der Waals surface area (Å²) in [6.07, 6.45) is 1.80. The Kier molecular flexibility index (Phi) is 3.63. The molecule has 2 rings (SSSR count). The SMILES string of the molecule is CNC(CC#N)c1ccc2c(c1)CCC(=O)N2C. The van der Waals surface area contributed by atoms with Crippen molar-refractivity contribution in [3.8, 4) is 6.07 Å². The van der Waals surface area contributed by atoms with E-state index in [1.54, 1.807) is 4.90 Å². The van der Waals surface area contributed by atoms with Crippen LogP contribution in [0.15, 0.2) is 18.2 Å². The lowest BCUT2D eigenvalue weighted by Gasteiger charge is -2.27. The van der Waals surface area contributed by atoms with Gasteiger partial charge in [0.05, 0.1) is 12.5 Å². The largest absolute Gasteiger partial charge is 0.315 e. The lowest BCUT2D eigenvalue weighted by molar-refractivity contribution is -0.118. The van der Waals surface area contributed by atoms with Crippen molar-refractivity contribution in [1.29, 1.82) is 5.26 Å². The highest BCUT2D eigenvalue weighted by Gasteiger charge is 2.21. The van der Waals surface area contributed by atoms with Crippen molar-refractivity contribution in [3.63, 3.8) is 0 Å². The monoisotopic (exact) mass is 243 g/mol. The smallest absolute Gasteiger partial charge is 0.227 e. The second kappa shape index (κ2) is 5.19. The van der Waals surface area contributed by atoms with Crippen LogP contribution in [0.2, 0.25) is 0 Å². The molecule has 0 radical (unpaired) electrons. The summed E-state index contributed by atoms with van der Waals surface area (Å²) in [5.74, 6) is 0.164. The van der Waals surface area contributed by atoms with Crippen molar-refractivity contribution in [1.82, 2.24) is 5.32 Å². The maximum atomic E-state index is 11.6. The van der Waals surface area contributed by atoms with Gasteiger partial charge in [-0.3, -0.25) is 4.79 Å². The molecule has 0 aliphatic carbocycles. The minimum Gasteiger partial charge on any atom is -0.315 e. The second-order valence-electron chi connectivity index (χ2n) is 4.54. The fourth-order valence-electron chi connectivity index (χ4n) is 2.37. The molecule has 1 heterocycles. The summed E-state index contributed by atoms with van der Waals surface area (Å²) < 4.78 is 0. The summed E-state index contributed by atoms with van der Waals surface area (Å²) in [5.41, 5.74) is 3.29. The van der Waals surface area contributed by atoms with Crippen LogP contribution in [0.3, 0.4) is 0 Å². The molecule has 1 aromatic rings. The van der Waals surface area contributed by atoms with Gasteiger partial charge in [-0.1, -0.05) is 12.1 Å². The first kappa shape index (κ1) is 12.6. The van der Waals surface area contributed by atoms with Gasteiger partial charge in [-0.2, -0.15) is 5.26 Å². The third kappa shape index (κ3) is 2.22. The zero-order valence-electron chi connectivity index (χ0n) is 10.7. The minimum atomic E-state index is 0.0586. The van der Waals surface area contributed by atoms with Crippen LogP contribution in [0, 0.1) is 11.3 Å². The van der Waals surface area contributed by atoms with Gasteiger partial charge in [0.1, 0.15) is 0 Å². The van der Waals surface area contributed by atoms with Crippen molar-refractivity contribution < 1.29 is 4.79 Å². The van der Waals surface area contributed by atoms with Gasteiger partial charge in [0.15, 0.2) is 0 Å². The standard InChI is InChI=1S/C14H17N3O/c1-16-12(7-8-15)10-3-5-13-11(9-10)4-6-14(18)17(13)2/h3,5,9,12,16H,4,6-7H2,1-2H3. The molecule has 18 heavy (non-hydrogen) atoms. The van der Waals surface area contributed by atoms with Crippen LogP contribution in [0.1, 0.15) is 30.0 Å². The molecule has 94 valence electrons. The highest BCUT2D eigenvalue weighted by molar-refractivity contribution is 5.95. The number of hydrogen-bond donors (Lipinski definition) is 1. The number of nitriles is 1. The van der Waals surface area contributed by atoms with E-state index in [-0.39, 0.29) is 11.9 Å². The third-order valence-electron chi connectivity index (χ3n) is 3.49. The number of nitrogens with one attached hydrogen (secondary N) is 1. The average Bonchev–Trinajstić information content (AvgIpc) is 2.40. The van der Waals surface area contributed by atoms with Crippen molar-refractivity contribution in [3.05, 3.63) is 29.3 Å². The molecular weight excluding hydrogens is 226 g/mol. The van der Waals surface area contributed by atoms with Crippen LogP contribution in [0.25, 0.3) is 0 Å². The quantitative estimate of drug-likeness (QED) is 0.880. The lowest BCUT2D eigenvalue weighted by atomic mass is 9.95. The molecule has 1 aliphatic heterocycles. The van der Waals surface area contributed by atoms with Gasteiger partial charge in [-0.25, -0.2) is 0 Å². The maximum absolute atomic E-state index is 11.6. The van der Waals surface area contributed by atoms with Gasteiger partial charge in [0.2, 0.25) is 5.91 Å². The summed E-state index contributed by atoms with van der Waals surface area (Å²) >= 11 is 0. The number of anilines is 1. The highest BCUT2D eigenvalue weighted by atomic mass is 16.2.